The van der Waals surface area contributed by atoms with Crippen molar-refractivity contribution >= 4 is 17.6 Å². The third-order valence-corrected chi connectivity index (χ3v) is 4.07. The lowest BCUT2D eigenvalue weighted by Crippen LogP contribution is -2.13. The molecule has 0 radical (unpaired) electrons. The SMILES string of the molecule is COCCOC(=O)c1ccc(NC(=O)CCCOc2cc(C)ccc2C)cc1. The molecule has 2 aromatic rings. The lowest BCUT2D eigenvalue weighted by Gasteiger charge is -2.10. The fourth-order valence-corrected chi connectivity index (χ4v) is 2.49. The summed E-state index contributed by atoms with van der Waals surface area (Å²) in [7, 11) is 1.54. The minimum Gasteiger partial charge on any atom is -0.493 e. The average Bonchev–Trinajstić information content (AvgIpc) is 2.68. The molecule has 0 heterocycles. The molecule has 0 spiro atoms. The summed E-state index contributed by atoms with van der Waals surface area (Å²) in [5.41, 5.74) is 3.28. The molecule has 6 nitrogen and oxygen atoms in total. The van der Waals surface area contributed by atoms with E-state index in [1.54, 1.807) is 31.4 Å². The Hall–Kier alpha value is -2.86. The highest BCUT2D eigenvalue weighted by Gasteiger charge is 2.08. The molecule has 1 amide bonds. The number of ether oxygens (including phenoxy) is 3. The number of aryl methyl sites for hydroxylation is 2. The van der Waals surface area contributed by atoms with E-state index in [1.165, 1.54) is 0 Å². The van der Waals surface area contributed by atoms with Crippen molar-refractivity contribution in [1.82, 2.24) is 0 Å². The normalized spacial score (nSPS) is 10.4. The topological polar surface area (TPSA) is 73.9 Å². The fraction of sp³-hybridized carbons (Fsp3) is 0.364. The summed E-state index contributed by atoms with van der Waals surface area (Å²) < 4.78 is 15.6. The van der Waals surface area contributed by atoms with Crippen molar-refractivity contribution in [2.45, 2.75) is 26.7 Å². The van der Waals surface area contributed by atoms with Gasteiger partial charge in [0.25, 0.3) is 0 Å². The maximum absolute atomic E-state index is 12.1. The van der Waals surface area contributed by atoms with E-state index in [0.717, 1.165) is 16.9 Å². The van der Waals surface area contributed by atoms with E-state index in [0.29, 0.717) is 37.3 Å². The van der Waals surface area contributed by atoms with Gasteiger partial charge in [-0.1, -0.05) is 12.1 Å². The zero-order valence-electron chi connectivity index (χ0n) is 16.6. The van der Waals surface area contributed by atoms with Gasteiger partial charge in [-0.15, -0.1) is 0 Å². The van der Waals surface area contributed by atoms with Crippen molar-refractivity contribution in [3.63, 3.8) is 0 Å². The van der Waals surface area contributed by atoms with Gasteiger partial charge in [-0.05, 0) is 61.7 Å². The number of carbonyl (C=O) groups excluding carboxylic acids is 2. The number of benzene rings is 2. The van der Waals surface area contributed by atoms with Crippen molar-refractivity contribution in [3.05, 3.63) is 59.2 Å². The van der Waals surface area contributed by atoms with Crippen LogP contribution in [0.5, 0.6) is 5.75 Å². The van der Waals surface area contributed by atoms with Crippen molar-refractivity contribution in [2.24, 2.45) is 0 Å². The summed E-state index contributed by atoms with van der Waals surface area (Å²) in [6, 6.07) is 12.7. The van der Waals surface area contributed by atoms with E-state index in [1.807, 2.05) is 32.0 Å². The zero-order valence-corrected chi connectivity index (χ0v) is 16.6. The van der Waals surface area contributed by atoms with Crippen LogP contribution in [-0.4, -0.2) is 38.8 Å². The molecular formula is C22H27NO5. The Bertz CT molecular complexity index is 786. The molecule has 0 saturated carbocycles. The van der Waals surface area contributed by atoms with Crippen LogP contribution in [0.4, 0.5) is 5.69 Å². The van der Waals surface area contributed by atoms with Crippen LogP contribution in [0.25, 0.3) is 0 Å². The first-order valence-corrected chi connectivity index (χ1v) is 9.25. The molecule has 2 rings (SSSR count). The third-order valence-electron chi connectivity index (χ3n) is 4.07. The van der Waals surface area contributed by atoms with Gasteiger partial charge in [-0.25, -0.2) is 4.79 Å². The van der Waals surface area contributed by atoms with Crippen molar-refractivity contribution in [3.8, 4) is 5.75 Å². The summed E-state index contributed by atoms with van der Waals surface area (Å²) in [4.78, 5) is 23.9. The van der Waals surface area contributed by atoms with E-state index in [9.17, 15) is 9.59 Å². The molecule has 0 unspecified atom stereocenters. The fourth-order valence-electron chi connectivity index (χ4n) is 2.49. The van der Waals surface area contributed by atoms with E-state index in [2.05, 4.69) is 5.32 Å². The van der Waals surface area contributed by atoms with Gasteiger partial charge in [0.1, 0.15) is 12.4 Å². The molecule has 2 aromatic carbocycles. The highest BCUT2D eigenvalue weighted by Crippen LogP contribution is 2.19. The van der Waals surface area contributed by atoms with Crippen LogP contribution >= 0.6 is 0 Å². The van der Waals surface area contributed by atoms with Crippen LogP contribution in [0.3, 0.4) is 0 Å². The Kier molecular flexibility index (Phi) is 8.49. The van der Waals surface area contributed by atoms with Gasteiger partial charge in [0, 0.05) is 19.2 Å². The summed E-state index contributed by atoms with van der Waals surface area (Å²) in [6.45, 7) is 5.05. The summed E-state index contributed by atoms with van der Waals surface area (Å²) in [5, 5.41) is 2.81. The maximum atomic E-state index is 12.1. The number of nitrogens with one attached hydrogen (secondary N) is 1. The molecule has 28 heavy (non-hydrogen) atoms. The van der Waals surface area contributed by atoms with E-state index >= 15 is 0 Å². The largest absolute Gasteiger partial charge is 0.493 e. The monoisotopic (exact) mass is 385 g/mol. The number of carbonyl (C=O) groups is 2. The van der Waals surface area contributed by atoms with Gasteiger partial charge < -0.3 is 19.5 Å². The third kappa shape index (κ3) is 7.04. The Morgan fingerprint density at radius 2 is 1.71 bits per heavy atom. The Labute approximate surface area is 165 Å². The second kappa shape index (κ2) is 11.1. The van der Waals surface area contributed by atoms with Gasteiger partial charge in [0.2, 0.25) is 5.91 Å². The Balaban J connectivity index is 1.72. The van der Waals surface area contributed by atoms with Gasteiger partial charge in [-0.2, -0.15) is 0 Å². The molecule has 6 heteroatoms. The first-order valence-electron chi connectivity index (χ1n) is 9.25. The second-order valence-electron chi connectivity index (χ2n) is 6.48. The predicted octanol–water partition coefficient (Wildman–Crippen LogP) is 3.90. The summed E-state index contributed by atoms with van der Waals surface area (Å²) in [5.74, 6) is 0.340. The Morgan fingerprint density at radius 1 is 0.964 bits per heavy atom. The number of esters is 1. The van der Waals surface area contributed by atoms with Crippen LogP contribution in [0.1, 0.15) is 34.3 Å². The van der Waals surface area contributed by atoms with Crippen molar-refractivity contribution < 1.29 is 23.8 Å². The molecule has 1 N–H and O–H groups in total. The van der Waals surface area contributed by atoms with Gasteiger partial charge in [0.05, 0.1) is 18.8 Å². The van der Waals surface area contributed by atoms with Crippen molar-refractivity contribution in [1.29, 1.82) is 0 Å². The standard InChI is InChI=1S/C22H27NO5/c1-16-6-7-17(2)20(15-16)27-12-4-5-21(24)23-19-10-8-18(9-11-19)22(25)28-14-13-26-3/h6-11,15H,4-5,12-14H2,1-3H3,(H,23,24). The molecule has 0 aromatic heterocycles. The first-order chi connectivity index (χ1) is 13.5. The number of rotatable bonds is 10. The molecule has 0 aliphatic carbocycles. The van der Waals surface area contributed by atoms with Gasteiger partial charge in [-0.3, -0.25) is 4.79 Å². The molecule has 0 atom stereocenters. The van der Waals surface area contributed by atoms with Crippen LogP contribution < -0.4 is 10.1 Å². The Morgan fingerprint density at radius 3 is 2.43 bits per heavy atom. The minimum atomic E-state index is -0.418. The highest BCUT2D eigenvalue weighted by molar-refractivity contribution is 5.93. The lowest BCUT2D eigenvalue weighted by atomic mass is 10.1. The molecule has 0 fully saturated rings. The molecule has 0 bridgehead atoms. The molecular weight excluding hydrogens is 358 g/mol. The molecule has 0 aliphatic heterocycles. The summed E-state index contributed by atoms with van der Waals surface area (Å²) >= 11 is 0. The van der Waals surface area contributed by atoms with Crippen LogP contribution in [0.2, 0.25) is 0 Å². The van der Waals surface area contributed by atoms with Gasteiger partial charge in [0.15, 0.2) is 0 Å². The van der Waals surface area contributed by atoms with E-state index in [4.69, 9.17) is 14.2 Å². The smallest absolute Gasteiger partial charge is 0.338 e. The highest BCUT2D eigenvalue weighted by atomic mass is 16.6. The first kappa shape index (κ1) is 21.4. The quantitative estimate of drug-likeness (QED) is 0.496. The number of amides is 1. The van der Waals surface area contributed by atoms with Crippen LogP contribution in [0.15, 0.2) is 42.5 Å². The molecule has 0 saturated heterocycles. The van der Waals surface area contributed by atoms with Crippen molar-refractivity contribution in [2.75, 3.05) is 32.2 Å². The van der Waals surface area contributed by atoms with Crippen LogP contribution in [0, 0.1) is 13.8 Å². The average molecular weight is 385 g/mol. The van der Waals surface area contributed by atoms with Gasteiger partial charge >= 0.3 is 5.97 Å². The van der Waals surface area contributed by atoms with Crippen LogP contribution in [-0.2, 0) is 14.3 Å². The predicted molar refractivity (Wildman–Crippen MR) is 108 cm³/mol. The number of methoxy groups -OCH3 is 1. The number of hydrogen-bond acceptors (Lipinski definition) is 5. The second-order valence-corrected chi connectivity index (χ2v) is 6.48. The number of anilines is 1. The van der Waals surface area contributed by atoms with E-state index < -0.39 is 5.97 Å². The molecule has 0 aliphatic rings. The number of hydrogen-bond donors (Lipinski definition) is 1. The molecule has 150 valence electrons. The maximum Gasteiger partial charge on any atom is 0.338 e. The summed E-state index contributed by atoms with van der Waals surface area (Å²) in [6.07, 6.45) is 0.967. The van der Waals surface area contributed by atoms with E-state index in [-0.39, 0.29) is 12.5 Å². The lowest BCUT2D eigenvalue weighted by molar-refractivity contribution is -0.116. The minimum absolute atomic E-state index is 0.0972. The zero-order chi connectivity index (χ0) is 20.4.